The summed E-state index contributed by atoms with van der Waals surface area (Å²) in [5.41, 5.74) is 1.03. The Balaban J connectivity index is 1.66. The summed E-state index contributed by atoms with van der Waals surface area (Å²) in [6.45, 7) is 0. The van der Waals surface area contributed by atoms with Crippen molar-refractivity contribution in [2.75, 3.05) is 0 Å². The number of benzene rings is 2. The monoisotopic (exact) mass is 318 g/mol. The molecule has 4 heteroatoms. The average molecular weight is 318 g/mol. The van der Waals surface area contributed by atoms with Gasteiger partial charge in [0.15, 0.2) is 0 Å². The SMILES string of the molecule is O=C=C1C=C(Oc2ccc(OC(=O)c3ccccc3)cc2)C=CC1. The second-order valence-electron chi connectivity index (χ2n) is 5.11. The third-order valence-electron chi connectivity index (χ3n) is 3.35. The molecule has 0 N–H and O–H groups in total. The number of hydrogen-bond donors (Lipinski definition) is 0. The molecule has 4 nitrogen and oxygen atoms in total. The molecule has 1 aliphatic carbocycles. The first-order valence-electron chi connectivity index (χ1n) is 7.42. The summed E-state index contributed by atoms with van der Waals surface area (Å²) in [4.78, 5) is 22.7. The highest BCUT2D eigenvalue weighted by Gasteiger charge is 2.09. The zero-order valence-electron chi connectivity index (χ0n) is 12.8. The molecule has 0 spiro atoms. The summed E-state index contributed by atoms with van der Waals surface area (Å²) in [6.07, 6.45) is 5.84. The van der Waals surface area contributed by atoms with Gasteiger partial charge in [-0.3, -0.25) is 0 Å². The quantitative estimate of drug-likeness (QED) is 0.487. The van der Waals surface area contributed by atoms with Crippen LogP contribution in [0, 0.1) is 0 Å². The molecule has 3 rings (SSSR count). The fourth-order valence-electron chi connectivity index (χ4n) is 2.17. The lowest BCUT2D eigenvalue weighted by Gasteiger charge is -2.10. The molecule has 118 valence electrons. The molecule has 0 aromatic heterocycles. The third kappa shape index (κ3) is 3.88. The van der Waals surface area contributed by atoms with Gasteiger partial charge in [0.1, 0.15) is 23.2 Å². The van der Waals surface area contributed by atoms with Crippen molar-refractivity contribution in [1.29, 1.82) is 0 Å². The van der Waals surface area contributed by atoms with E-state index in [2.05, 4.69) is 0 Å². The van der Waals surface area contributed by atoms with Crippen molar-refractivity contribution in [3.8, 4) is 11.5 Å². The van der Waals surface area contributed by atoms with Crippen molar-refractivity contribution in [2.24, 2.45) is 0 Å². The number of esters is 1. The normalized spacial score (nSPS) is 13.0. The van der Waals surface area contributed by atoms with Crippen LogP contribution in [0.25, 0.3) is 0 Å². The van der Waals surface area contributed by atoms with Gasteiger partial charge in [-0.15, -0.1) is 0 Å². The lowest BCUT2D eigenvalue weighted by atomic mass is 10.1. The summed E-state index contributed by atoms with van der Waals surface area (Å²) in [7, 11) is 0. The minimum absolute atomic E-state index is 0.414. The maximum absolute atomic E-state index is 12.0. The van der Waals surface area contributed by atoms with Crippen LogP contribution in [-0.4, -0.2) is 11.9 Å². The van der Waals surface area contributed by atoms with E-state index in [4.69, 9.17) is 9.47 Å². The highest BCUT2D eigenvalue weighted by atomic mass is 16.5. The first kappa shape index (κ1) is 15.5. The molecule has 0 saturated carbocycles. The number of allylic oxidation sites excluding steroid dienone is 4. The maximum Gasteiger partial charge on any atom is 0.343 e. The maximum atomic E-state index is 12.0. The van der Waals surface area contributed by atoms with Gasteiger partial charge in [0.25, 0.3) is 0 Å². The van der Waals surface area contributed by atoms with Gasteiger partial charge in [-0.2, -0.15) is 0 Å². The minimum Gasteiger partial charge on any atom is -0.457 e. The molecule has 0 amide bonds. The number of hydrogen-bond acceptors (Lipinski definition) is 4. The highest BCUT2D eigenvalue weighted by Crippen LogP contribution is 2.22. The lowest BCUT2D eigenvalue weighted by Crippen LogP contribution is -2.08. The van der Waals surface area contributed by atoms with E-state index in [1.165, 1.54) is 0 Å². The van der Waals surface area contributed by atoms with Crippen LogP contribution >= 0.6 is 0 Å². The Kier molecular flexibility index (Phi) is 4.70. The number of carbonyl (C=O) groups excluding carboxylic acids is 2. The smallest absolute Gasteiger partial charge is 0.343 e. The highest BCUT2D eigenvalue weighted by molar-refractivity contribution is 5.90. The minimum atomic E-state index is -0.414. The van der Waals surface area contributed by atoms with Gasteiger partial charge in [-0.05, 0) is 48.6 Å². The van der Waals surface area contributed by atoms with E-state index in [1.54, 1.807) is 60.7 Å². The fourth-order valence-corrected chi connectivity index (χ4v) is 2.17. The number of carbonyl (C=O) groups is 1. The molecular weight excluding hydrogens is 304 g/mol. The van der Waals surface area contributed by atoms with Gasteiger partial charge in [-0.25, -0.2) is 9.59 Å². The summed E-state index contributed by atoms with van der Waals surface area (Å²) in [5, 5.41) is 0. The molecule has 2 aromatic rings. The Labute approximate surface area is 139 Å². The molecule has 0 radical (unpaired) electrons. The molecule has 0 atom stereocenters. The topological polar surface area (TPSA) is 52.6 Å². The molecule has 2 aromatic carbocycles. The molecular formula is C20H14O4. The van der Waals surface area contributed by atoms with Gasteiger partial charge in [-0.1, -0.05) is 24.3 Å². The van der Waals surface area contributed by atoms with Gasteiger partial charge in [0.05, 0.1) is 5.56 Å². The molecule has 0 fully saturated rings. The van der Waals surface area contributed by atoms with Crippen LogP contribution in [-0.2, 0) is 4.79 Å². The van der Waals surface area contributed by atoms with Crippen LogP contribution in [0.15, 0.2) is 84.2 Å². The Morgan fingerprint density at radius 2 is 1.67 bits per heavy atom. The fraction of sp³-hybridized carbons (Fsp3) is 0.0500. The van der Waals surface area contributed by atoms with Crippen molar-refractivity contribution in [3.05, 3.63) is 89.7 Å². The van der Waals surface area contributed by atoms with Crippen LogP contribution in [0.2, 0.25) is 0 Å². The van der Waals surface area contributed by atoms with E-state index in [0.717, 1.165) is 0 Å². The van der Waals surface area contributed by atoms with Crippen molar-refractivity contribution in [3.63, 3.8) is 0 Å². The Morgan fingerprint density at radius 3 is 2.38 bits per heavy atom. The van der Waals surface area contributed by atoms with Gasteiger partial charge < -0.3 is 9.47 Å². The molecule has 0 bridgehead atoms. The van der Waals surface area contributed by atoms with E-state index in [1.807, 2.05) is 18.1 Å². The lowest BCUT2D eigenvalue weighted by molar-refractivity contribution is 0.0734. The summed E-state index contributed by atoms with van der Waals surface area (Å²) < 4.78 is 11.0. The first-order chi connectivity index (χ1) is 11.7. The summed E-state index contributed by atoms with van der Waals surface area (Å²) in [6, 6.07) is 15.5. The predicted molar refractivity (Wildman–Crippen MR) is 89.5 cm³/mol. The van der Waals surface area contributed by atoms with Crippen LogP contribution in [0.1, 0.15) is 16.8 Å². The van der Waals surface area contributed by atoms with Crippen LogP contribution in [0.3, 0.4) is 0 Å². The first-order valence-corrected chi connectivity index (χ1v) is 7.42. The Hall–Kier alpha value is -3.36. The second-order valence-corrected chi connectivity index (χ2v) is 5.11. The van der Waals surface area contributed by atoms with Crippen molar-refractivity contribution < 1.29 is 19.1 Å². The second kappa shape index (κ2) is 7.27. The van der Waals surface area contributed by atoms with Gasteiger partial charge >= 0.3 is 5.97 Å². The molecule has 0 aliphatic heterocycles. The molecule has 1 aliphatic rings. The number of ether oxygens (including phenoxy) is 2. The van der Waals surface area contributed by atoms with E-state index >= 15 is 0 Å². The van der Waals surface area contributed by atoms with E-state index in [0.29, 0.717) is 34.8 Å². The standard InChI is InChI=1S/C20H14O4/c21-14-15-5-4-8-19(13-15)23-17-9-11-18(12-10-17)24-20(22)16-6-2-1-3-7-16/h1-4,6-13H,5H2. The third-order valence-corrected chi connectivity index (χ3v) is 3.35. The van der Waals surface area contributed by atoms with Crippen molar-refractivity contribution >= 4 is 11.9 Å². The van der Waals surface area contributed by atoms with Crippen molar-refractivity contribution in [2.45, 2.75) is 6.42 Å². The van der Waals surface area contributed by atoms with Crippen LogP contribution in [0.5, 0.6) is 11.5 Å². The average Bonchev–Trinajstić information content (AvgIpc) is 2.64. The van der Waals surface area contributed by atoms with Crippen molar-refractivity contribution in [1.82, 2.24) is 0 Å². The summed E-state index contributed by atoms with van der Waals surface area (Å²) in [5.74, 6) is 3.03. The zero-order valence-corrected chi connectivity index (χ0v) is 12.8. The molecule has 0 saturated heterocycles. The summed E-state index contributed by atoms with van der Waals surface area (Å²) >= 11 is 0. The van der Waals surface area contributed by atoms with E-state index in [-0.39, 0.29) is 0 Å². The largest absolute Gasteiger partial charge is 0.457 e. The number of rotatable bonds is 4. The van der Waals surface area contributed by atoms with E-state index < -0.39 is 5.97 Å². The van der Waals surface area contributed by atoms with Gasteiger partial charge in [0, 0.05) is 12.0 Å². The molecule has 0 heterocycles. The molecule has 24 heavy (non-hydrogen) atoms. The predicted octanol–water partition coefficient (Wildman–Crippen LogP) is 3.89. The Morgan fingerprint density at radius 1 is 0.958 bits per heavy atom. The molecule has 0 unspecified atom stereocenters. The van der Waals surface area contributed by atoms with Gasteiger partial charge in [0.2, 0.25) is 0 Å². The Bertz CT molecular complexity index is 839. The van der Waals surface area contributed by atoms with Crippen LogP contribution in [0.4, 0.5) is 0 Å². The van der Waals surface area contributed by atoms with E-state index in [9.17, 15) is 9.59 Å². The zero-order chi connectivity index (χ0) is 16.8. The van der Waals surface area contributed by atoms with Crippen LogP contribution < -0.4 is 9.47 Å².